The quantitative estimate of drug-likeness (QED) is 0.294. The summed E-state index contributed by atoms with van der Waals surface area (Å²) in [4.78, 5) is 45.9. The van der Waals surface area contributed by atoms with E-state index in [4.69, 9.17) is 0 Å². The van der Waals surface area contributed by atoms with E-state index in [2.05, 4.69) is 54.8 Å². The summed E-state index contributed by atoms with van der Waals surface area (Å²) >= 11 is 3.60. The van der Waals surface area contributed by atoms with E-state index in [1.54, 1.807) is 23.3 Å². The minimum absolute atomic E-state index is 0.0212. The van der Waals surface area contributed by atoms with Gasteiger partial charge in [0, 0.05) is 6.42 Å². The molecule has 1 unspecified atom stereocenters. The SMILES string of the molecule is COC(=O)CCC(NC(=O)OCC(=O)OC)C(=O)OC.CSCc1ccc(S[At])cc1. The first kappa shape index (κ1) is 29.5. The van der Waals surface area contributed by atoms with Gasteiger partial charge in [-0.25, -0.2) is 14.4 Å². The molecule has 0 radical (unpaired) electrons. The number of esters is 3. The van der Waals surface area contributed by atoms with Crippen LogP contribution in [0.2, 0.25) is 0 Å². The zero-order valence-corrected chi connectivity index (χ0v) is 22.2. The molecular weight excluding hydrogens is 644 g/mol. The van der Waals surface area contributed by atoms with Gasteiger partial charge in [0.2, 0.25) is 0 Å². The van der Waals surface area contributed by atoms with Gasteiger partial charge >= 0.3 is 114 Å². The van der Waals surface area contributed by atoms with Crippen LogP contribution in [0.4, 0.5) is 4.79 Å². The molecule has 0 aliphatic heterocycles. The van der Waals surface area contributed by atoms with Gasteiger partial charge in [0.15, 0.2) is 6.61 Å². The molecule has 0 fully saturated rings. The Labute approximate surface area is 203 Å². The minimum atomic E-state index is -1.08. The summed E-state index contributed by atoms with van der Waals surface area (Å²) in [5.74, 6) is -0.906. The van der Waals surface area contributed by atoms with Gasteiger partial charge in [0.05, 0.1) is 21.3 Å². The molecule has 1 aromatic rings. The van der Waals surface area contributed by atoms with E-state index >= 15 is 0 Å². The standard InChI is InChI=1S/C11H17NO8.C8H9AtS2/c1-17-8(13)5-4-7(10(15)19-3)12-11(16)20-6-9(14)18-2;1-10-6-7-2-4-8(11-9)5-3-7/h7H,4-6H2,1-3H3,(H,12,16);2-5H,6H2,1H3. The summed E-state index contributed by atoms with van der Waals surface area (Å²) in [6.45, 7) is -0.590. The van der Waals surface area contributed by atoms with Gasteiger partial charge in [-0.05, 0) is 6.42 Å². The number of carbonyl (C=O) groups excluding carboxylic acids is 4. The maximum absolute atomic E-state index is 11.4. The topological polar surface area (TPSA) is 117 Å². The summed E-state index contributed by atoms with van der Waals surface area (Å²) in [6, 6.07) is 7.71. The molecule has 0 aliphatic rings. The van der Waals surface area contributed by atoms with Gasteiger partial charge in [-0.1, -0.05) is 0 Å². The van der Waals surface area contributed by atoms with E-state index in [9.17, 15) is 19.2 Å². The van der Waals surface area contributed by atoms with Crippen LogP contribution in [0.1, 0.15) is 18.4 Å². The van der Waals surface area contributed by atoms with Gasteiger partial charge in [-0.15, -0.1) is 0 Å². The predicted octanol–water partition coefficient (Wildman–Crippen LogP) is 2.49. The summed E-state index contributed by atoms with van der Waals surface area (Å²) in [7, 11) is 5.32. The number of methoxy groups -OCH3 is 3. The maximum atomic E-state index is 11.4. The van der Waals surface area contributed by atoms with Crippen LogP contribution in [-0.2, 0) is 39.1 Å². The van der Waals surface area contributed by atoms with Crippen molar-refractivity contribution in [2.75, 3.05) is 34.2 Å². The Morgan fingerprint density at radius 3 is 2.10 bits per heavy atom. The van der Waals surface area contributed by atoms with E-state index in [1.807, 2.05) is 20.3 Å². The second-order valence-corrected chi connectivity index (χ2v) is 8.93. The zero-order valence-electron chi connectivity index (χ0n) is 17.7. The molecule has 0 saturated heterocycles. The molecular formula is C19H26AtNO8S2. The average Bonchev–Trinajstić information content (AvgIpc) is 2.80. The molecule has 31 heavy (non-hydrogen) atoms. The third kappa shape index (κ3) is 14.2. The Balaban J connectivity index is 0.000000683. The number of benzene rings is 1. The molecule has 12 heteroatoms. The van der Waals surface area contributed by atoms with Crippen molar-refractivity contribution in [3.8, 4) is 0 Å². The summed E-state index contributed by atoms with van der Waals surface area (Å²) in [5, 5.41) is 2.18. The predicted molar refractivity (Wildman–Crippen MR) is 113 cm³/mol. The third-order valence-corrected chi connectivity index (χ3v) is 6.67. The molecule has 1 N–H and O–H groups in total. The molecule has 1 aromatic carbocycles. The molecule has 1 amide bonds. The zero-order chi connectivity index (χ0) is 23.6. The summed E-state index contributed by atoms with van der Waals surface area (Å²) in [5.41, 5.74) is 1.42. The molecule has 9 nitrogen and oxygen atoms in total. The van der Waals surface area contributed by atoms with E-state index in [1.165, 1.54) is 17.6 Å². The van der Waals surface area contributed by atoms with Crippen LogP contribution in [0.3, 0.4) is 0 Å². The molecule has 174 valence electrons. The molecule has 0 aliphatic carbocycles. The number of hydrogen-bond acceptors (Lipinski definition) is 10. The molecule has 0 spiro atoms. The Morgan fingerprint density at radius 2 is 1.61 bits per heavy atom. The second-order valence-electron chi connectivity index (χ2n) is 5.64. The number of alkyl carbamates (subject to hydrolysis) is 1. The number of thioether (sulfide) groups is 1. The molecule has 1 rings (SSSR count). The van der Waals surface area contributed by atoms with E-state index in [0.29, 0.717) is 0 Å². The molecule has 1 atom stereocenters. The Kier molecular flexibility index (Phi) is 17.2. The number of hydrogen-bond donors (Lipinski definition) is 1. The van der Waals surface area contributed by atoms with Crippen molar-refractivity contribution in [1.29, 1.82) is 0 Å². The second kappa shape index (κ2) is 18.1. The van der Waals surface area contributed by atoms with Crippen molar-refractivity contribution >= 4 is 44.3 Å². The normalized spacial score (nSPS) is 10.6. The number of rotatable bonds is 10. The monoisotopic (exact) mass is 670 g/mol. The van der Waals surface area contributed by atoms with Crippen LogP contribution >= 0.6 is 20.3 Å². The fourth-order valence-corrected chi connectivity index (χ4v) is 3.89. The van der Waals surface area contributed by atoms with Crippen LogP contribution in [0.15, 0.2) is 29.2 Å². The fourth-order valence-electron chi connectivity index (χ4n) is 1.93. The van der Waals surface area contributed by atoms with Gasteiger partial charge in [-0.2, -0.15) is 0 Å². The van der Waals surface area contributed by atoms with Gasteiger partial charge in [0.1, 0.15) is 6.04 Å². The molecule has 0 saturated carbocycles. The number of nitrogens with one attached hydrogen (secondary N) is 1. The van der Waals surface area contributed by atoms with Crippen molar-refractivity contribution < 1.29 is 61.4 Å². The number of ether oxygens (including phenoxy) is 4. The van der Waals surface area contributed by atoms with E-state index in [0.717, 1.165) is 20.0 Å². The molecule has 0 bridgehead atoms. The number of amides is 1. The van der Waals surface area contributed by atoms with Crippen molar-refractivity contribution in [2.45, 2.75) is 29.5 Å². The molecule has 0 aromatic heterocycles. The van der Waals surface area contributed by atoms with E-state index < -0.39 is 36.6 Å². The van der Waals surface area contributed by atoms with Crippen molar-refractivity contribution in [1.82, 2.24) is 5.32 Å². The molecule has 0 heterocycles. The third-order valence-electron chi connectivity index (χ3n) is 3.51. The average molecular weight is 671 g/mol. The first-order valence-corrected chi connectivity index (χ1v) is 14.5. The van der Waals surface area contributed by atoms with Gasteiger partial charge in [0.25, 0.3) is 0 Å². The van der Waals surface area contributed by atoms with Gasteiger partial charge in [-0.3, -0.25) is 4.79 Å². The van der Waals surface area contributed by atoms with Crippen molar-refractivity contribution in [3.63, 3.8) is 0 Å². The Bertz CT molecular complexity index is 703. The first-order valence-electron chi connectivity index (χ1n) is 8.82. The Morgan fingerprint density at radius 1 is 1.00 bits per heavy atom. The van der Waals surface area contributed by atoms with Crippen LogP contribution < -0.4 is 5.32 Å². The first-order chi connectivity index (χ1) is 14.8. The van der Waals surface area contributed by atoms with Crippen molar-refractivity contribution in [3.05, 3.63) is 29.8 Å². The summed E-state index contributed by atoms with van der Waals surface area (Å²) < 4.78 is 17.7. The number of carbonyl (C=O) groups is 4. The van der Waals surface area contributed by atoms with E-state index in [-0.39, 0.29) is 12.8 Å². The summed E-state index contributed by atoms with van der Waals surface area (Å²) in [6.07, 6.45) is 1.02. The fraction of sp³-hybridized carbons (Fsp3) is 0.474. The van der Waals surface area contributed by atoms with Crippen LogP contribution in [0.25, 0.3) is 0 Å². The van der Waals surface area contributed by atoms with Crippen molar-refractivity contribution in [2.24, 2.45) is 0 Å². The Hall–Kier alpha value is -1.52. The van der Waals surface area contributed by atoms with Crippen LogP contribution in [-0.4, -0.2) is 64.2 Å². The van der Waals surface area contributed by atoms with Crippen LogP contribution in [0, 0.1) is 23.3 Å². The van der Waals surface area contributed by atoms with Crippen LogP contribution in [0.5, 0.6) is 0 Å². The van der Waals surface area contributed by atoms with Gasteiger partial charge < -0.3 is 24.3 Å².